The molecule has 1 aliphatic rings. The van der Waals surface area contributed by atoms with E-state index in [1.54, 1.807) is 7.05 Å². The minimum absolute atomic E-state index is 0. The van der Waals surface area contributed by atoms with Crippen LogP contribution in [0, 0.1) is 11.8 Å². The maximum absolute atomic E-state index is 12.0. The topological polar surface area (TPSA) is 56.7 Å². The molecule has 0 bridgehead atoms. The number of piperidine rings is 1. The van der Waals surface area contributed by atoms with Crippen LogP contribution in [0.3, 0.4) is 0 Å². The van der Waals surface area contributed by atoms with Crippen molar-refractivity contribution in [2.24, 2.45) is 16.8 Å². The molecule has 1 aromatic carbocycles. The van der Waals surface area contributed by atoms with Crippen molar-refractivity contribution >= 4 is 41.5 Å². The molecule has 23 heavy (non-hydrogen) atoms. The lowest BCUT2D eigenvalue weighted by molar-refractivity contribution is -0.115. The highest BCUT2D eigenvalue weighted by molar-refractivity contribution is 14.0. The molecule has 1 heterocycles. The van der Waals surface area contributed by atoms with Crippen molar-refractivity contribution in [3.63, 3.8) is 0 Å². The van der Waals surface area contributed by atoms with Crippen molar-refractivity contribution in [3.8, 4) is 0 Å². The van der Waals surface area contributed by atoms with Gasteiger partial charge in [0.25, 0.3) is 0 Å². The number of halogens is 1. The zero-order valence-electron chi connectivity index (χ0n) is 14.1. The van der Waals surface area contributed by atoms with Crippen molar-refractivity contribution in [2.45, 2.75) is 20.3 Å². The van der Waals surface area contributed by atoms with Gasteiger partial charge in [0.15, 0.2) is 5.96 Å². The Morgan fingerprint density at radius 3 is 2.39 bits per heavy atom. The number of hydrogen-bond acceptors (Lipinski definition) is 2. The van der Waals surface area contributed by atoms with E-state index in [4.69, 9.17) is 0 Å². The maximum Gasteiger partial charge on any atom is 0.243 e. The van der Waals surface area contributed by atoms with Gasteiger partial charge in [0.2, 0.25) is 5.91 Å². The highest BCUT2D eigenvalue weighted by atomic mass is 127. The van der Waals surface area contributed by atoms with Crippen LogP contribution in [0.15, 0.2) is 35.3 Å². The van der Waals surface area contributed by atoms with E-state index in [0.29, 0.717) is 11.8 Å². The Bertz CT molecular complexity index is 511. The number of aliphatic imine (C=N–C) groups is 1. The van der Waals surface area contributed by atoms with Gasteiger partial charge < -0.3 is 15.5 Å². The van der Waals surface area contributed by atoms with Gasteiger partial charge >= 0.3 is 0 Å². The second kappa shape index (κ2) is 9.75. The minimum atomic E-state index is -0.0644. The molecule has 5 nitrogen and oxygen atoms in total. The van der Waals surface area contributed by atoms with E-state index in [0.717, 1.165) is 24.7 Å². The van der Waals surface area contributed by atoms with Gasteiger partial charge in [-0.15, -0.1) is 24.0 Å². The lowest BCUT2D eigenvalue weighted by Gasteiger charge is -2.37. The van der Waals surface area contributed by atoms with Crippen LogP contribution in [-0.4, -0.2) is 43.4 Å². The first-order valence-corrected chi connectivity index (χ1v) is 7.89. The van der Waals surface area contributed by atoms with Crippen LogP contribution in [0.25, 0.3) is 0 Å². The van der Waals surface area contributed by atoms with E-state index in [1.165, 1.54) is 6.42 Å². The molecule has 0 spiro atoms. The molecule has 1 saturated heterocycles. The van der Waals surface area contributed by atoms with Crippen LogP contribution in [0.5, 0.6) is 0 Å². The van der Waals surface area contributed by atoms with Crippen LogP contribution < -0.4 is 10.6 Å². The van der Waals surface area contributed by atoms with Crippen LogP contribution in [0.1, 0.15) is 20.3 Å². The molecule has 1 fully saturated rings. The van der Waals surface area contributed by atoms with Crippen molar-refractivity contribution in [2.75, 3.05) is 32.0 Å². The minimum Gasteiger partial charge on any atom is -0.347 e. The first-order chi connectivity index (χ1) is 10.6. The van der Waals surface area contributed by atoms with Crippen LogP contribution in [-0.2, 0) is 4.79 Å². The SMILES string of the molecule is CN=C(NCC(=O)Nc1ccccc1)N1CC(C)CC(C)C1.I. The van der Waals surface area contributed by atoms with E-state index in [-0.39, 0.29) is 36.4 Å². The first-order valence-electron chi connectivity index (χ1n) is 7.89. The fraction of sp³-hybridized carbons (Fsp3) is 0.529. The number of amides is 1. The van der Waals surface area contributed by atoms with E-state index >= 15 is 0 Å². The molecule has 0 saturated carbocycles. The summed E-state index contributed by atoms with van der Waals surface area (Å²) in [5.74, 6) is 2.05. The van der Waals surface area contributed by atoms with E-state index < -0.39 is 0 Å². The number of benzene rings is 1. The number of nitrogens with zero attached hydrogens (tertiary/aromatic N) is 2. The van der Waals surface area contributed by atoms with Gasteiger partial charge in [0.1, 0.15) is 0 Å². The van der Waals surface area contributed by atoms with Crippen LogP contribution in [0.2, 0.25) is 0 Å². The first kappa shape index (κ1) is 19.7. The molecule has 0 radical (unpaired) electrons. The van der Waals surface area contributed by atoms with E-state index in [1.807, 2.05) is 30.3 Å². The van der Waals surface area contributed by atoms with Crippen molar-refractivity contribution in [3.05, 3.63) is 30.3 Å². The van der Waals surface area contributed by atoms with Gasteiger partial charge in [0.05, 0.1) is 6.54 Å². The van der Waals surface area contributed by atoms with Gasteiger partial charge in [-0.2, -0.15) is 0 Å². The Labute approximate surface area is 156 Å². The molecular weight excluding hydrogens is 403 g/mol. The summed E-state index contributed by atoms with van der Waals surface area (Å²) in [7, 11) is 1.77. The smallest absolute Gasteiger partial charge is 0.243 e. The van der Waals surface area contributed by atoms with Gasteiger partial charge in [-0.1, -0.05) is 32.0 Å². The fourth-order valence-electron chi connectivity index (χ4n) is 3.05. The fourth-order valence-corrected chi connectivity index (χ4v) is 3.05. The standard InChI is InChI=1S/C17H26N4O.HI/c1-13-9-14(2)12-21(11-13)17(18-3)19-10-16(22)20-15-7-5-4-6-8-15;/h4-8,13-14H,9-12H2,1-3H3,(H,18,19)(H,20,22);1H. The molecule has 2 unspecified atom stereocenters. The molecule has 2 N–H and O–H groups in total. The number of rotatable bonds is 3. The highest BCUT2D eigenvalue weighted by Gasteiger charge is 2.24. The molecule has 0 aromatic heterocycles. The summed E-state index contributed by atoms with van der Waals surface area (Å²) in [6, 6.07) is 9.48. The quantitative estimate of drug-likeness (QED) is 0.441. The lowest BCUT2D eigenvalue weighted by atomic mass is 9.92. The molecule has 6 heteroatoms. The molecule has 1 aromatic rings. The number of nitrogens with one attached hydrogen (secondary N) is 2. The number of para-hydroxylation sites is 1. The predicted molar refractivity (Wildman–Crippen MR) is 106 cm³/mol. The van der Waals surface area contributed by atoms with Crippen molar-refractivity contribution in [1.82, 2.24) is 10.2 Å². The summed E-state index contributed by atoms with van der Waals surface area (Å²) in [6.45, 7) is 6.73. The summed E-state index contributed by atoms with van der Waals surface area (Å²) >= 11 is 0. The normalized spacial score (nSPS) is 21.3. The largest absolute Gasteiger partial charge is 0.347 e. The summed E-state index contributed by atoms with van der Waals surface area (Å²) in [5.41, 5.74) is 0.810. The molecule has 128 valence electrons. The second-order valence-corrected chi connectivity index (χ2v) is 6.17. The predicted octanol–water partition coefficient (Wildman–Crippen LogP) is 2.80. The molecule has 1 aliphatic heterocycles. The third-order valence-corrected chi connectivity index (χ3v) is 3.84. The van der Waals surface area contributed by atoms with Crippen LogP contribution >= 0.6 is 24.0 Å². The highest BCUT2D eigenvalue weighted by Crippen LogP contribution is 2.20. The Hall–Kier alpha value is -1.31. The monoisotopic (exact) mass is 430 g/mol. The van der Waals surface area contributed by atoms with E-state index in [2.05, 4.69) is 34.4 Å². The number of carbonyl (C=O) groups is 1. The zero-order valence-corrected chi connectivity index (χ0v) is 16.4. The third kappa shape index (κ3) is 6.37. The van der Waals surface area contributed by atoms with E-state index in [9.17, 15) is 4.79 Å². The summed E-state index contributed by atoms with van der Waals surface area (Å²) in [5, 5.41) is 6.03. The second-order valence-electron chi connectivity index (χ2n) is 6.17. The summed E-state index contributed by atoms with van der Waals surface area (Å²) in [6.07, 6.45) is 1.25. The lowest BCUT2D eigenvalue weighted by Crippen LogP contribution is -2.49. The van der Waals surface area contributed by atoms with Crippen molar-refractivity contribution < 1.29 is 4.79 Å². The summed E-state index contributed by atoms with van der Waals surface area (Å²) in [4.78, 5) is 18.6. The third-order valence-electron chi connectivity index (χ3n) is 3.84. The molecule has 0 aliphatic carbocycles. The molecule has 2 rings (SSSR count). The molecule has 2 atom stereocenters. The molecule has 1 amide bonds. The Morgan fingerprint density at radius 2 is 1.83 bits per heavy atom. The molecular formula is C17H27IN4O. The Balaban J connectivity index is 0.00000264. The van der Waals surface area contributed by atoms with Gasteiger partial charge in [-0.25, -0.2) is 0 Å². The van der Waals surface area contributed by atoms with Gasteiger partial charge in [-0.3, -0.25) is 9.79 Å². The van der Waals surface area contributed by atoms with Crippen LogP contribution in [0.4, 0.5) is 5.69 Å². The number of carbonyl (C=O) groups excluding carboxylic acids is 1. The zero-order chi connectivity index (χ0) is 15.9. The number of anilines is 1. The van der Waals surface area contributed by atoms with Gasteiger partial charge in [-0.05, 0) is 30.4 Å². The average Bonchev–Trinajstić information content (AvgIpc) is 2.48. The van der Waals surface area contributed by atoms with Gasteiger partial charge in [0, 0.05) is 25.8 Å². The number of hydrogen-bond donors (Lipinski definition) is 2. The number of guanidine groups is 1. The van der Waals surface area contributed by atoms with Crippen molar-refractivity contribution in [1.29, 1.82) is 0 Å². The Morgan fingerprint density at radius 1 is 1.22 bits per heavy atom. The summed E-state index contributed by atoms with van der Waals surface area (Å²) < 4.78 is 0. The average molecular weight is 430 g/mol. The Kier molecular flexibility index (Phi) is 8.36. The maximum atomic E-state index is 12.0. The number of likely N-dealkylation sites (tertiary alicyclic amines) is 1.